The third kappa shape index (κ3) is 3.73. The predicted molar refractivity (Wildman–Crippen MR) is 91.3 cm³/mol. The van der Waals surface area contributed by atoms with Crippen LogP contribution in [-0.2, 0) is 0 Å². The predicted octanol–water partition coefficient (Wildman–Crippen LogP) is 3.37. The third-order valence-electron chi connectivity index (χ3n) is 4.10. The van der Waals surface area contributed by atoms with Crippen LogP contribution in [0.5, 0.6) is 0 Å². The highest BCUT2D eigenvalue weighted by molar-refractivity contribution is 6.06. The van der Waals surface area contributed by atoms with Crippen LogP contribution < -0.4 is 10.2 Å². The van der Waals surface area contributed by atoms with Gasteiger partial charge in [-0.15, -0.1) is 0 Å². The Hall–Kier alpha value is -3.03. The van der Waals surface area contributed by atoms with Crippen LogP contribution in [0.2, 0.25) is 0 Å². The van der Waals surface area contributed by atoms with Gasteiger partial charge in [0.05, 0.1) is 16.2 Å². The lowest BCUT2D eigenvalue weighted by atomic mass is 10.1. The van der Waals surface area contributed by atoms with Gasteiger partial charge in [0.25, 0.3) is 11.6 Å². The molecule has 8 heteroatoms. The molecule has 1 saturated heterocycles. The summed E-state index contributed by atoms with van der Waals surface area (Å²) < 4.78 is 13.9. The van der Waals surface area contributed by atoms with E-state index < -0.39 is 16.6 Å². The molecule has 2 heterocycles. The minimum Gasteiger partial charge on any atom is -0.355 e. The molecule has 1 fully saturated rings. The van der Waals surface area contributed by atoms with Crippen molar-refractivity contribution in [3.05, 3.63) is 58.0 Å². The number of halogens is 1. The van der Waals surface area contributed by atoms with Crippen molar-refractivity contribution in [1.29, 1.82) is 0 Å². The maximum atomic E-state index is 13.9. The van der Waals surface area contributed by atoms with Gasteiger partial charge < -0.3 is 10.2 Å². The summed E-state index contributed by atoms with van der Waals surface area (Å²) in [4.78, 5) is 29.0. The van der Waals surface area contributed by atoms with E-state index in [2.05, 4.69) is 15.2 Å². The fourth-order valence-electron chi connectivity index (χ4n) is 2.84. The first-order valence-electron chi connectivity index (χ1n) is 8.01. The first-order valence-corrected chi connectivity index (χ1v) is 8.01. The molecule has 1 amide bonds. The quantitative estimate of drug-likeness (QED) is 0.678. The lowest BCUT2D eigenvalue weighted by molar-refractivity contribution is -0.384. The van der Waals surface area contributed by atoms with E-state index in [4.69, 9.17) is 0 Å². The second-order valence-electron chi connectivity index (χ2n) is 5.80. The molecule has 0 bridgehead atoms. The third-order valence-corrected chi connectivity index (χ3v) is 4.10. The minimum atomic E-state index is -0.813. The van der Waals surface area contributed by atoms with E-state index in [1.807, 2.05) is 0 Å². The van der Waals surface area contributed by atoms with Crippen LogP contribution in [0, 0.1) is 15.9 Å². The van der Waals surface area contributed by atoms with Crippen molar-refractivity contribution >= 4 is 23.1 Å². The molecule has 0 atom stereocenters. The molecule has 0 unspecified atom stereocenters. The minimum absolute atomic E-state index is 0.339. The summed E-state index contributed by atoms with van der Waals surface area (Å²) in [6.45, 7) is 1.68. The maximum absolute atomic E-state index is 13.9. The van der Waals surface area contributed by atoms with Crippen LogP contribution in [0.4, 0.5) is 21.6 Å². The molecule has 25 heavy (non-hydrogen) atoms. The van der Waals surface area contributed by atoms with Gasteiger partial charge in [-0.25, -0.2) is 9.37 Å². The number of rotatable bonds is 4. The summed E-state index contributed by atoms with van der Waals surface area (Å²) in [6, 6.07) is 6.23. The number of pyridine rings is 1. The van der Waals surface area contributed by atoms with Crippen molar-refractivity contribution in [3.63, 3.8) is 0 Å². The summed E-state index contributed by atoms with van der Waals surface area (Å²) in [7, 11) is 0. The fraction of sp³-hybridized carbons (Fsp3) is 0.294. The molecular weight excluding hydrogens is 327 g/mol. The van der Waals surface area contributed by atoms with Gasteiger partial charge in [0.15, 0.2) is 5.82 Å². The molecular formula is C17H17FN4O3. The SMILES string of the molecule is O=C(Nc1cccnc1N1CCCCC1)c1cc([N+](=O)[O-])ccc1F. The van der Waals surface area contributed by atoms with Crippen molar-refractivity contribution in [2.75, 3.05) is 23.3 Å². The molecule has 130 valence electrons. The highest BCUT2D eigenvalue weighted by Crippen LogP contribution is 2.27. The lowest BCUT2D eigenvalue weighted by Gasteiger charge is -2.29. The topological polar surface area (TPSA) is 88.4 Å². The van der Waals surface area contributed by atoms with Crippen LogP contribution in [0.1, 0.15) is 29.6 Å². The van der Waals surface area contributed by atoms with Gasteiger partial charge in [0.2, 0.25) is 0 Å². The Balaban J connectivity index is 1.86. The van der Waals surface area contributed by atoms with E-state index in [1.165, 1.54) is 0 Å². The Bertz CT molecular complexity index is 806. The second kappa shape index (κ2) is 7.25. The zero-order valence-electron chi connectivity index (χ0n) is 13.4. The number of nitrogens with zero attached hydrogens (tertiary/aromatic N) is 3. The summed E-state index contributed by atoms with van der Waals surface area (Å²) >= 11 is 0. The zero-order chi connectivity index (χ0) is 17.8. The number of hydrogen-bond donors (Lipinski definition) is 1. The first kappa shape index (κ1) is 16.8. The van der Waals surface area contributed by atoms with Crippen LogP contribution >= 0.6 is 0 Å². The largest absolute Gasteiger partial charge is 0.355 e. The summed E-state index contributed by atoms with van der Waals surface area (Å²) in [5, 5.41) is 13.5. The van der Waals surface area contributed by atoms with E-state index in [0.717, 1.165) is 50.6 Å². The molecule has 1 aliphatic rings. The molecule has 1 aromatic heterocycles. The number of benzene rings is 1. The second-order valence-corrected chi connectivity index (χ2v) is 5.80. The van der Waals surface area contributed by atoms with Crippen molar-refractivity contribution in [2.45, 2.75) is 19.3 Å². The average molecular weight is 344 g/mol. The number of nitro benzene ring substituents is 1. The number of non-ortho nitro benzene ring substituents is 1. The summed E-state index contributed by atoms with van der Waals surface area (Å²) in [6.07, 6.45) is 4.88. The van der Waals surface area contributed by atoms with Gasteiger partial charge in [-0.2, -0.15) is 0 Å². The Labute approximate surface area is 143 Å². The monoisotopic (exact) mass is 344 g/mol. The van der Waals surface area contributed by atoms with Gasteiger partial charge in [0.1, 0.15) is 5.82 Å². The number of carbonyl (C=O) groups excluding carboxylic acids is 1. The maximum Gasteiger partial charge on any atom is 0.270 e. The molecule has 0 aliphatic carbocycles. The van der Waals surface area contributed by atoms with Crippen LogP contribution in [-0.4, -0.2) is 28.9 Å². The van der Waals surface area contributed by atoms with Gasteiger partial charge >= 0.3 is 0 Å². The van der Waals surface area contributed by atoms with E-state index in [0.29, 0.717) is 11.5 Å². The fourth-order valence-corrected chi connectivity index (χ4v) is 2.84. The first-order chi connectivity index (χ1) is 12.1. The Kier molecular flexibility index (Phi) is 4.87. The average Bonchev–Trinajstić information content (AvgIpc) is 2.63. The van der Waals surface area contributed by atoms with Crippen LogP contribution in [0.3, 0.4) is 0 Å². The normalized spacial score (nSPS) is 14.2. The lowest BCUT2D eigenvalue weighted by Crippen LogP contribution is -2.31. The van der Waals surface area contributed by atoms with Gasteiger partial charge in [-0.05, 0) is 37.5 Å². The smallest absolute Gasteiger partial charge is 0.270 e. The van der Waals surface area contributed by atoms with E-state index in [9.17, 15) is 19.3 Å². The number of nitro groups is 1. The molecule has 1 aromatic carbocycles. The number of nitrogens with one attached hydrogen (secondary N) is 1. The van der Waals surface area contributed by atoms with Gasteiger partial charge in [-0.3, -0.25) is 14.9 Å². The Morgan fingerprint density at radius 3 is 2.72 bits per heavy atom. The Morgan fingerprint density at radius 1 is 1.24 bits per heavy atom. The van der Waals surface area contributed by atoms with E-state index >= 15 is 0 Å². The van der Waals surface area contributed by atoms with Crippen LogP contribution in [0.25, 0.3) is 0 Å². The standard InChI is InChI=1S/C17H17FN4O3/c18-14-7-6-12(22(24)25)11-13(14)17(23)20-15-5-4-8-19-16(15)21-9-2-1-3-10-21/h4-8,11H,1-3,9-10H2,(H,20,23). The van der Waals surface area contributed by atoms with Crippen molar-refractivity contribution in [2.24, 2.45) is 0 Å². The molecule has 1 aliphatic heterocycles. The van der Waals surface area contributed by atoms with Crippen molar-refractivity contribution < 1.29 is 14.1 Å². The van der Waals surface area contributed by atoms with E-state index in [-0.39, 0.29) is 11.3 Å². The molecule has 0 saturated carbocycles. The van der Waals surface area contributed by atoms with Gasteiger partial charge in [-0.1, -0.05) is 0 Å². The molecule has 7 nitrogen and oxygen atoms in total. The molecule has 0 radical (unpaired) electrons. The highest BCUT2D eigenvalue weighted by Gasteiger charge is 2.20. The van der Waals surface area contributed by atoms with Gasteiger partial charge in [0, 0.05) is 31.4 Å². The highest BCUT2D eigenvalue weighted by atomic mass is 19.1. The number of piperidine rings is 1. The zero-order valence-corrected chi connectivity index (χ0v) is 13.4. The number of anilines is 2. The summed E-state index contributed by atoms with van der Waals surface area (Å²) in [5.41, 5.74) is -0.253. The Morgan fingerprint density at radius 2 is 2.00 bits per heavy atom. The number of hydrogen-bond acceptors (Lipinski definition) is 5. The summed E-state index contributed by atoms with van der Waals surface area (Å²) in [5.74, 6) is -0.930. The number of aromatic nitrogens is 1. The molecule has 0 spiro atoms. The molecule has 3 rings (SSSR count). The van der Waals surface area contributed by atoms with Crippen molar-refractivity contribution in [3.8, 4) is 0 Å². The van der Waals surface area contributed by atoms with E-state index in [1.54, 1.807) is 18.3 Å². The molecule has 2 aromatic rings. The number of amides is 1. The van der Waals surface area contributed by atoms with Crippen LogP contribution in [0.15, 0.2) is 36.5 Å². The molecule has 1 N–H and O–H groups in total. The number of carbonyl (C=O) groups is 1. The van der Waals surface area contributed by atoms with Crippen molar-refractivity contribution in [1.82, 2.24) is 4.98 Å².